The summed E-state index contributed by atoms with van der Waals surface area (Å²) in [7, 11) is 0. The second kappa shape index (κ2) is 5.39. The van der Waals surface area contributed by atoms with Crippen molar-refractivity contribution in [3.8, 4) is 22.5 Å². The van der Waals surface area contributed by atoms with Gasteiger partial charge in [-0.1, -0.05) is 11.6 Å². The molecule has 5 nitrogen and oxygen atoms in total. The quantitative estimate of drug-likeness (QED) is 0.547. The zero-order valence-electron chi connectivity index (χ0n) is 13.2. The first kappa shape index (κ1) is 14.6. The molecule has 3 aromatic heterocycles. The smallest absolute Gasteiger partial charge is 0.155 e. The Morgan fingerprint density at radius 2 is 2.08 bits per heavy atom. The second-order valence-corrected chi connectivity index (χ2v) is 6.52. The van der Waals surface area contributed by atoms with E-state index >= 15 is 0 Å². The zero-order chi connectivity index (χ0) is 17.0. The van der Waals surface area contributed by atoms with E-state index in [0.717, 1.165) is 42.1 Å². The van der Waals surface area contributed by atoms with Crippen LogP contribution in [-0.2, 0) is 13.0 Å². The van der Waals surface area contributed by atoms with Gasteiger partial charge in [-0.15, -0.1) is 0 Å². The molecule has 1 aromatic carbocycles. The lowest BCUT2D eigenvalue weighted by Crippen LogP contribution is -1.98. The van der Waals surface area contributed by atoms with E-state index in [9.17, 15) is 4.39 Å². The summed E-state index contributed by atoms with van der Waals surface area (Å²) in [6, 6.07) is 8.43. The summed E-state index contributed by atoms with van der Waals surface area (Å²) in [6.45, 7) is 0.870. The van der Waals surface area contributed by atoms with E-state index in [2.05, 4.69) is 14.6 Å². The highest BCUT2D eigenvalue weighted by Crippen LogP contribution is 2.37. The number of fused-ring (bicyclic) bond motifs is 2. The molecule has 0 amide bonds. The lowest BCUT2D eigenvalue weighted by atomic mass is 10.1. The van der Waals surface area contributed by atoms with Crippen molar-refractivity contribution in [1.82, 2.24) is 24.1 Å². The molecular formula is C18H13ClFN5. The van der Waals surface area contributed by atoms with Crippen LogP contribution in [0.15, 0.2) is 42.9 Å². The Kier molecular flexibility index (Phi) is 3.15. The number of aromatic nitrogens is 5. The minimum absolute atomic E-state index is 0.329. The molecule has 0 bridgehead atoms. The average molecular weight is 354 g/mol. The molecule has 4 aromatic rings. The molecule has 25 heavy (non-hydrogen) atoms. The van der Waals surface area contributed by atoms with Gasteiger partial charge in [-0.05, 0) is 36.8 Å². The van der Waals surface area contributed by atoms with Gasteiger partial charge in [0.25, 0.3) is 0 Å². The highest BCUT2D eigenvalue weighted by atomic mass is 35.5. The van der Waals surface area contributed by atoms with Gasteiger partial charge in [0.05, 0.1) is 11.4 Å². The fourth-order valence-electron chi connectivity index (χ4n) is 3.44. The highest BCUT2D eigenvalue weighted by molar-refractivity contribution is 6.30. The Hall–Kier alpha value is -2.73. The van der Waals surface area contributed by atoms with Gasteiger partial charge in [0, 0.05) is 35.3 Å². The summed E-state index contributed by atoms with van der Waals surface area (Å²) < 4.78 is 18.4. The minimum atomic E-state index is -0.329. The van der Waals surface area contributed by atoms with Crippen molar-refractivity contribution in [2.24, 2.45) is 0 Å². The molecule has 0 saturated heterocycles. The van der Waals surface area contributed by atoms with Crippen molar-refractivity contribution in [2.75, 3.05) is 0 Å². The van der Waals surface area contributed by atoms with Crippen LogP contribution in [0.1, 0.15) is 12.2 Å². The molecule has 0 unspecified atom stereocenters. The molecule has 0 radical (unpaired) electrons. The molecule has 0 spiro atoms. The Morgan fingerprint density at radius 3 is 3.00 bits per heavy atom. The molecule has 124 valence electrons. The fraction of sp³-hybridized carbons (Fsp3) is 0.167. The normalized spacial score (nSPS) is 13.5. The zero-order valence-corrected chi connectivity index (χ0v) is 13.9. The first-order valence-electron chi connectivity index (χ1n) is 8.05. The summed E-state index contributed by atoms with van der Waals surface area (Å²) in [5.74, 6) is 0.646. The molecule has 1 aliphatic heterocycles. The number of nitrogens with zero attached hydrogens (tertiary/aromatic N) is 5. The Balaban J connectivity index is 1.79. The van der Waals surface area contributed by atoms with Gasteiger partial charge in [0.2, 0.25) is 0 Å². The molecular weight excluding hydrogens is 341 g/mol. The van der Waals surface area contributed by atoms with E-state index in [0.29, 0.717) is 16.3 Å². The summed E-state index contributed by atoms with van der Waals surface area (Å²) in [4.78, 5) is 8.90. The Morgan fingerprint density at radius 1 is 1.16 bits per heavy atom. The lowest BCUT2D eigenvalue weighted by molar-refractivity contribution is 0.630. The molecule has 0 N–H and O–H groups in total. The highest BCUT2D eigenvalue weighted by Gasteiger charge is 2.25. The van der Waals surface area contributed by atoms with Gasteiger partial charge in [-0.25, -0.2) is 18.9 Å². The van der Waals surface area contributed by atoms with Crippen molar-refractivity contribution in [3.63, 3.8) is 0 Å². The van der Waals surface area contributed by atoms with Crippen LogP contribution in [0.2, 0.25) is 5.02 Å². The van der Waals surface area contributed by atoms with Crippen molar-refractivity contribution in [3.05, 3.63) is 59.5 Å². The number of aryl methyl sites for hydroxylation is 1. The summed E-state index contributed by atoms with van der Waals surface area (Å²) in [5.41, 5.74) is 3.62. The fourth-order valence-corrected chi connectivity index (χ4v) is 3.61. The number of pyridine rings is 1. The van der Waals surface area contributed by atoms with Crippen LogP contribution in [0.3, 0.4) is 0 Å². The molecule has 1 aliphatic rings. The van der Waals surface area contributed by atoms with E-state index in [4.69, 9.17) is 16.6 Å². The number of rotatable bonds is 2. The van der Waals surface area contributed by atoms with Gasteiger partial charge in [0.15, 0.2) is 5.65 Å². The van der Waals surface area contributed by atoms with E-state index in [1.807, 2.05) is 18.3 Å². The molecule has 0 saturated carbocycles. The first-order valence-corrected chi connectivity index (χ1v) is 8.43. The molecule has 4 heterocycles. The molecule has 7 heteroatoms. The monoisotopic (exact) mass is 353 g/mol. The van der Waals surface area contributed by atoms with E-state index in [1.165, 1.54) is 12.4 Å². The van der Waals surface area contributed by atoms with Crippen LogP contribution in [0.5, 0.6) is 0 Å². The third-order valence-corrected chi connectivity index (χ3v) is 4.79. The van der Waals surface area contributed by atoms with E-state index in [-0.39, 0.29) is 5.82 Å². The summed E-state index contributed by atoms with van der Waals surface area (Å²) in [6.07, 6.45) is 5.34. The van der Waals surface area contributed by atoms with Crippen molar-refractivity contribution in [2.45, 2.75) is 19.4 Å². The van der Waals surface area contributed by atoms with Crippen molar-refractivity contribution >= 4 is 17.2 Å². The maximum absolute atomic E-state index is 14.5. The second-order valence-electron chi connectivity index (χ2n) is 6.09. The number of halogens is 2. The average Bonchev–Trinajstić information content (AvgIpc) is 3.30. The molecule has 5 rings (SSSR count). The topological polar surface area (TPSA) is 48.0 Å². The number of hydrogen-bond acceptors (Lipinski definition) is 3. The Labute approximate surface area is 147 Å². The predicted molar refractivity (Wildman–Crippen MR) is 92.9 cm³/mol. The third kappa shape index (κ3) is 2.25. The van der Waals surface area contributed by atoms with Gasteiger partial charge in [-0.3, -0.25) is 0 Å². The number of benzene rings is 1. The van der Waals surface area contributed by atoms with Crippen LogP contribution in [0.4, 0.5) is 4.39 Å². The van der Waals surface area contributed by atoms with Gasteiger partial charge in [0.1, 0.15) is 18.0 Å². The first-order chi connectivity index (χ1) is 12.2. The van der Waals surface area contributed by atoms with Crippen molar-refractivity contribution < 1.29 is 4.39 Å². The maximum Gasteiger partial charge on any atom is 0.155 e. The van der Waals surface area contributed by atoms with Gasteiger partial charge < -0.3 is 4.57 Å². The summed E-state index contributed by atoms with van der Waals surface area (Å²) >= 11 is 6.10. The summed E-state index contributed by atoms with van der Waals surface area (Å²) in [5, 5.41) is 4.69. The third-order valence-electron chi connectivity index (χ3n) is 4.56. The van der Waals surface area contributed by atoms with Crippen molar-refractivity contribution in [1.29, 1.82) is 0 Å². The predicted octanol–water partition coefficient (Wildman–Crippen LogP) is 4.00. The van der Waals surface area contributed by atoms with Crippen LogP contribution in [0, 0.1) is 5.82 Å². The number of imidazole rings is 1. The maximum atomic E-state index is 14.5. The van der Waals surface area contributed by atoms with Gasteiger partial charge in [-0.2, -0.15) is 5.10 Å². The lowest BCUT2D eigenvalue weighted by Gasteiger charge is -2.10. The Bertz CT molecular complexity index is 1110. The van der Waals surface area contributed by atoms with Crippen LogP contribution in [-0.4, -0.2) is 24.1 Å². The molecule has 0 aliphatic carbocycles. The SMILES string of the molecule is Fc1ccc(Cl)cc1-c1nc2n(c1-c1ccc3ncnn3c1)CCC2. The van der Waals surface area contributed by atoms with E-state index < -0.39 is 0 Å². The van der Waals surface area contributed by atoms with Crippen LogP contribution >= 0.6 is 11.6 Å². The molecule has 0 atom stereocenters. The number of hydrogen-bond donors (Lipinski definition) is 0. The van der Waals surface area contributed by atoms with Crippen LogP contribution < -0.4 is 0 Å². The van der Waals surface area contributed by atoms with Gasteiger partial charge >= 0.3 is 0 Å². The standard InChI is InChI=1S/C18H13ClFN5/c19-12-4-5-14(20)13(8-12)17-18(24-7-1-2-16(24)23-17)11-3-6-15-21-10-22-25(15)9-11/h3-6,8-10H,1-2,7H2. The largest absolute Gasteiger partial charge is 0.327 e. The van der Waals surface area contributed by atoms with Crippen LogP contribution in [0.25, 0.3) is 28.2 Å². The van der Waals surface area contributed by atoms with E-state index in [1.54, 1.807) is 16.6 Å². The molecule has 0 fully saturated rings. The minimum Gasteiger partial charge on any atom is -0.327 e.